The Labute approximate surface area is 124 Å². The molecule has 5 heteroatoms. The van der Waals surface area contributed by atoms with Gasteiger partial charge in [-0.25, -0.2) is 4.98 Å². The van der Waals surface area contributed by atoms with Gasteiger partial charge in [0.2, 0.25) is 0 Å². The highest BCUT2D eigenvalue weighted by atomic mass is 16.3. The summed E-state index contributed by atoms with van der Waals surface area (Å²) in [4.78, 5) is 8.87. The van der Waals surface area contributed by atoms with Gasteiger partial charge >= 0.3 is 0 Å². The SMILES string of the molecule is Cc1cccc(N2CCN(c3cc(O)ccc3O)CC2)n1. The maximum absolute atomic E-state index is 9.93. The minimum atomic E-state index is 0.172. The Hall–Kier alpha value is -2.43. The average Bonchev–Trinajstić information content (AvgIpc) is 2.50. The maximum Gasteiger partial charge on any atom is 0.139 e. The van der Waals surface area contributed by atoms with E-state index in [4.69, 9.17) is 0 Å². The van der Waals surface area contributed by atoms with Gasteiger partial charge in [0.05, 0.1) is 5.69 Å². The van der Waals surface area contributed by atoms with Crippen LogP contribution < -0.4 is 9.80 Å². The van der Waals surface area contributed by atoms with E-state index in [1.165, 1.54) is 12.1 Å². The van der Waals surface area contributed by atoms with Crippen LogP contribution >= 0.6 is 0 Å². The lowest BCUT2D eigenvalue weighted by Gasteiger charge is -2.37. The Morgan fingerprint density at radius 1 is 0.952 bits per heavy atom. The van der Waals surface area contributed by atoms with Crippen LogP contribution in [0.3, 0.4) is 0 Å². The zero-order valence-corrected chi connectivity index (χ0v) is 12.0. The van der Waals surface area contributed by atoms with E-state index in [2.05, 4.69) is 14.8 Å². The first-order chi connectivity index (χ1) is 10.1. The number of pyridine rings is 1. The van der Waals surface area contributed by atoms with Gasteiger partial charge in [0.1, 0.15) is 17.3 Å². The highest BCUT2D eigenvalue weighted by molar-refractivity contribution is 5.61. The number of aromatic nitrogens is 1. The molecule has 0 bridgehead atoms. The van der Waals surface area contributed by atoms with Gasteiger partial charge in [-0.15, -0.1) is 0 Å². The van der Waals surface area contributed by atoms with Gasteiger partial charge in [0.25, 0.3) is 0 Å². The van der Waals surface area contributed by atoms with Crippen LogP contribution in [0, 0.1) is 6.92 Å². The van der Waals surface area contributed by atoms with Gasteiger partial charge in [-0.2, -0.15) is 0 Å². The molecule has 2 aromatic rings. The molecule has 0 amide bonds. The molecule has 110 valence electrons. The van der Waals surface area contributed by atoms with Crippen molar-refractivity contribution in [3.05, 3.63) is 42.1 Å². The first-order valence-electron chi connectivity index (χ1n) is 7.09. The van der Waals surface area contributed by atoms with E-state index in [1.54, 1.807) is 6.07 Å². The number of rotatable bonds is 2. The normalized spacial score (nSPS) is 15.3. The van der Waals surface area contributed by atoms with Crippen LogP contribution in [0.2, 0.25) is 0 Å². The molecule has 1 saturated heterocycles. The minimum Gasteiger partial charge on any atom is -0.508 e. The van der Waals surface area contributed by atoms with E-state index in [0.29, 0.717) is 5.69 Å². The van der Waals surface area contributed by atoms with Crippen molar-refractivity contribution in [3.63, 3.8) is 0 Å². The third-order valence-corrected chi connectivity index (χ3v) is 3.78. The number of phenols is 2. The molecule has 0 radical (unpaired) electrons. The summed E-state index contributed by atoms with van der Waals surface area (Å²) in [5.74, 6) is 1.37. The summed E-state index contributed by atoms with van der Waals surface area (Å²) in [6.07, 6.45) is 0. The molecule has 1 aromatic carbocycles. The number of phenolic OH excluding ortho intramolecular Hbond substituents is 2. The van der Waals surface area contributed by atoms with Crippen LogP contribution in [0.1, 0.15) is 5.69 Å². The van der Waals surface area contributed by atoms with Crippen LogP contribution in [0.15, 0.2) is 36.4 Å². The van der Waals surface area contributed by atoms with Crippen LogP contribution in [-0.4, -0.2) is 41.4 Å². The van der Waals surface area contributed by atoms with Crippen molar-refractivity contribution >= 4 is 11.5 Å². The van der Waals surface area contributed by atoms with Gasteiger partial charge in [0, 0.05) is 37.9 Å². The van der Waals surface area contributed by atoms with Crippen LogP contribution in [0.4, 0.5) is 11.5 Å². The van der Waals surface area contributed by atoms with Gasteiger partial charge in [-0.3, -0.25) is 0 Å². The Kier molecular flexibility index (Phi) is 3.56. The van der Waals surface area contributed by atoms with E-state index in [-0.39, 0.29) is 11.5 Å². The molecule has 2 heterocycles. The third-order valence-electron chi connectivity index (χ3n) is 3.78. The highest BCUT2D eigenvalue weighted by Crippen LogP contribution is 2.31. The van der Waals surface area contributed by atoms with Crippen molar-refractivity contribution in [2.75, 3.05) is 36.0 Å². The smallest absolute Gasteiger partial charge is 0.139 e. The second kappa shape index (κ2) is 5.52. The Balaban J connectivity index is 1.72. The fourth-order valence-corrected chi connectivity index (χ4v) is 2.65. The minimum absolute atomic E-state index is 0.172. The average molecular weight is 285 g/mol. The lowest BCUT2D eigenvalue weighted by Crippen LogP contribution is -2.46. The molecule has 21 heavy (non-hydrogen) atoms. The molecule has 5 nitrogen and oxygen atoms in total. The third kappa shape index (κ3) is 2.86. The first-order valence-corrected chi connectivity index (χ1v) is 7.09. The van der Waals surface area contributed by atoms with Gasteiger partial charge in [0.15, 0.2) is 0 Å². The molecule has 1 aliphatic rings. The molecular weight excluding hydrogens is 266 g/mol. The van der Waals surface area contributed by atoms with Gasteiger partial charge < -0.3 is 20.0 Å². The number of piperazine rings is 1. The topological polar surface area (TPSA) is 59.8 Å². The quantitative estimate of drug-likeness (QED) is 0.828. The number of aryl methyl sites for hydroxylation is 1. The monoisotopic (exact) mass is 285 g/mol. The molecule has 3 rings (SSSR count). The Morgan fingerprint density at radius 2 is 1.67 bits per heavy atom. The predicted octanol–water partition coefficient (Wildman–Crippen LogP) is 2.13. The highest BCUT2D eigenvalue weighted by Gasteiger charge is 2.20. The van der Waals surface area contributed by atoms with E-state index in [0.717, 1.165) is 37.7 Å². The predicted molar refractivity (Wildman–Crippen MR) is 83.2 cm³/mol. The maximum atomic E-state index is 9.93. The number of hydrogen-bond donors (Lipinski definition) is 2. The van der Waals surface area contributed by atoms with Gasteiger partial charge in [-0.1, -0.05) is 6.07 Å². The summed E-state index contributed by atoms with van der Waals surface area (Å²) < 4.78 is 0. The van der Waals surface area contributed by atoms with Crippen LogP contribution in [-0.2, 0) is 0 Å². The number of benzene rings is 1. The molecular formula is C16H19N3O2. The lowest BCUT2D eigenvalue weighted by molar-refractivity contribution is 0.458. The zero-order valence-electron chi connectivity index (χ0n) is 12.0. The molecule has 1 aromatic heterocycles. The number of aromatic hydroxyl groups is 2. The van der Waals surface area contributed by atoms with E-state index in [1.807, 2.05) is 25.1 Å². The Bertz CT molecular complexity index is 637. The molecule has 0 spiro atoms. The standard InChI is InChI=1S/C16H19N3O2/c1-12-3-2-4-16(17-12)19-9-7-18(8-10-19)14-11-13(20)5-6-15(14)21/h2-6,11,20-21H,7-10H2,1H3. The van der Waals surface area contributed by atoms with Crippen molar-refractivity contribution < 1.29 is 10.2 Å². The molecule has 0 atom stereocenters. The second-order valence-corrected chi connectivity index (χ2v) is 5.28. The molecule has 0 saturated carbocycles. The summed E-state index contributed by atoms with van der Waals surface area (Å²) in [6, 6.07) is 10.7. The lowest BCUT2D eigenvalue weighted by atomic mass is 10.2. The number of nitrogens with zero attached hydrogens (tertiary/aromatic N) is 3. The summed E-state index contributed by atoms with van der Waals surface area (Å²) in [5.41, 5.74) is 1.70. The molecule has 1 aliphatic heterocycles. The van der Waals surface area contributed by atoms with E-state index >= 15 is 0 Å². The van der Waals surface area contributed by atoms with Crippen LogP contribution in [0.5, 0.6) is 11.5 Å². The molecule has 1 fully saturated rings. The number of hydrogen-bond acceptors (Lipinski definition) is 5. The zero-order chi connectivity index (χ0) is 14.8. The van der Waals surface area contributed by atoms with E-state index in [9.17, 15) is 10.2 Å². The molecule has 0 unspecified atom stereocenters. The molecule has 0 aliphatic carbocycles. The first kappa shape index (κ1) is 13.5. The van der Waals surface area contributed by atoms with Crippen molar-refractivity contribution in [2.24, 2.45) is 0 Å². The van der Waals surface area contributed by atoms with Gasteiger partial charge in [-0.05, 0) is 31.2 Å². The van der Waals surface area contributed by atoms with Crippen molar-refractivity contribution in [1.82, 2.24) is 4.98 Å². The fourth-order valence-electron chi connectivity index (χ4n) is 2.65. The summed E-state index contributed by atoms with van der Waals surface area (Å²) in [6.45, 7) is 5.24. The van der Waals surface area contributed by atoms with Crippen molar-refractivity contribution in [3.8, 4) is 11.5 Å². The van der Waals surface area contributed by atoms with Crippen molar-refractivity contribution in [1.29, 1.82) is 0 Å². The summed E-state index contributed by atoms with van der Waals surface area (Å²) in [5, 5.41) is 19.5. The second-order valence-electron chi connectivity index (χ2n) is 5.28. The van der Waals surface area contributed by atoms with Crippen molar-refractivity contribution in [2.45, 2.75) is 6.92 Å². The largest absolute Gasteiger partial charge is 0.508 e. The van der Waals surface area contributed by atoms with Crippen LogP contribution in [0.25, 0.3) is 0 Å². The fraction of sp³-hybridized carbons (Fsp3) is 0.312. The van der Waals surface area contributed by atoms with E-state index < -0.39 is 0 Å². The summed E-state index contributed by atoms with van der Waals surface area (Å²) in [7, 11) is 0. The number of anilines is 2. The molecule has 2 N–H and O–H groups in total. The summed E-state index contributed by atoms with van der Waals surface area (Å²) >= 11 is 0. The Morgan fingerprint density at radius 3 is 2.38 bits per heavy atom.